The van der Waals surface area contributed by atoms with Gasteiger partial charge in [-0.05, 0) is 41.1 Å². The second-order valence-electron chi connectivity index (χ2n) is 4.12. The van der Waals surface area contributed by atoms with Gasteiger partial charge >= 0.3 is 0 Å². The van der Waals surface area contributed by atoms with Crippen molar-refractivity contribution < 1.29 is 19.1 Å². The third kappa shape index (κ3) is 5.48. The summed E-state index contributed by atoms with van der Waals surface area (Å²) in [4.78, 5) is 11.5. The maximum Gasteiger partial charge on any atom is 0.244 e. The van der Waals surface area contributed by atoms with E-state index in [4.69, 9.17) is 9.15 Å². The van der Waals surface area contributed by atoms with Crippen molar-refractivity contribution >= 4 is 27.9 Å². The van der Waals surface area contributed by atoms with E-state index in [1.165, 1.54) is 13.2 Å². The smallest absolute Gasteiger partial charge is 0.244 e. The molecule has 0 bridgehead atoms. The zero-order valence-corrected chi connectivity index (χ0v) is 11.9. The molecule has 0 aliphatic rings. The molecule has 1 aromatic heterocycles. The molecule has 18 heavy (non-hydrogen) atoms. The van der Waals surface area contributed by atoms with Crippen LogP contribution < -0.4 is 5.32 Å². The van der Waals surface area contributed by atoms with Gasteiger partial charge < -0.3 is 19.6 Å². The first-order valence-corrected chi connectivity index (χ1v) is 6.15. The van der Waals surface area contributed by atoms with E-state index in [0.29, 0.717) is 10.4 Å². The maximum absolute atomic E-state index is 11.5. The lowest BCUT2D eigenvalue weighted by Crippen LogP contribution is -2.43. The number of carbonyl (C=O) groups excluding carboxylic acids is 1. The molecule has 2 N–H and O–H groups in total. The number of rotatable bonds is 6. The monoisotopic (exact) mass is 317 g/mol. The van der Waals surface area contributed by atoms with E-state index in [-0.39, 0.29) is 19.1 Å². The lowest BCUT2D eigenvalue weighted by atomic mass is 10.1. The average molecular weight is 318 g/mol. The molecule has 0 spiro atoms. The van der Waals surface area contributed by atoms with Gasteiger partial charge in [-0.3, -0.25) is 4.79 Å². The van der Waals surface area contributed by atoms with E-state index in [0.717, 1.165) is 0 Å². The summed E-state index contributed by atoms with van der Waals surface area (Å²) in [6.45, 7) is 1.86. The third-order valence-electron chi connectivity index (χ3n) is 2.09. The largest absolute Gasteiger partial charge is 0.450 e. The Balaban J connectivity index is 2.40. The van der Waals surface area contributed by atoms with Crippen molar-refractivity contribution in [3.63, 3.8) is 0 Å². The first-order chi connectivity index (χ1) is 8.43. The van der Waals surface area contributed by atoms with E-state index < -0.39 is 5.60 Å². The van der Waals surface area contributed by atoms with Crippen LogP contribution in [-0.2, 0) is 9.53 Å². The minimum Gasteiger partial charge on any atom is -0.450 e. The zero-order valence-electron chi connectivity index (χ0n) is 10.3. The molecule has 0 aliphatic carbocycles. The summed E-state index contributed by atoms with van der Waals surface area (Å²) in [5, 5.41) is 12.3. The van der Waals surface area contributed by atoms with E-state index >= 15 is 0 Å². The topological polar surface area (TPSA) is 71.7 Å². The maximum atomic E-state index is 11.5. The quantitative estimate of drug-likeness (QED) is 0.781. The lowest BCUT2D eigenvalue weighted by molar-refractivity contribution is -0.118. The molecule has 0 radical (unpaired) electrons. The van der Waals surface area contributed by atoms with Crippen LogP contribution in [0.25, 0.3) is 6.08 Å². The van der Waals surface area contributed by atoms with Crippen molar-refractivity contribution in [3.8, 4) is 0 Å². The lowest BCUT2D eigenvalue weighted by Gasteiger charge is -2.21. The van der Waals surface area contributed by atoms with Gasteiger partial charge in [0.05, 0.1) is 6.61 Å². The van der Waals surface area contributed by atoms with E-state index in [9.17, 15) is 9.90 Å². The molecule has 5 nitrogen and oxygen atoms in total. The highest BCUT2D eigenvalue weighted by molar-refractivity contribution is 9.10. The summed E-state index contributed by atoms with van der Waals surface area (Å²) in [5.74, 6) is 0.263. The second kappa shape index (κ2) is 6.72. The second-order valence-corrected chi connectivity index (χ2v) is 4.90. The number of hydrogen-bond acceptors (Lipinski definition) is 4. The SMILES string of the molecule is COC[C@@](C)(O)CNC(=O)/C=C/c1ccc(Br)o1. The van der Waals surface area contributed by atoms with Crippen LogP contribution in [0.3, 0.4) is 0 Å². The third-order valence-corrected chi connectivity index (χ3v) is 2.52. The van der Waals surface area contributed by atoms with Gasteiger partial charge in [-0.15, -0.1) is 0 Å². The molecule has 1 rings (SSSR count). The summed E-state index contributed by atoms with van der Waals surface area (Å²) < 4.78 is 10.6. The minimum absolute atomic E-state index is 0.117. The van der Waals surface area contributed by atoms with Crippen LogP contribution in [0.1, 0.15) is 12.7 Å². The molecule has 0 aliphatic heterocycles. The molecule has 100 valence electrons. The predicted molar refractivity (Wildman–Crippen MR) is 71.0 cm³/mol. The molecular weight excluding hydrogens is 302 g/mol. The number of hydrogen-bond donors (Lipinski definition) is 2. The minimum atomic E-state index is -1.08. The van der Waals surface area contributed by atoms with E-state index in [1.54, 1.807) is 25.1 Å². The molecule has 6 heteroatoms. The van der Waals surface area contributed by atoms with Crippen LogP contribution in [0.5, 0.6) is 0 Å². The molecular formula is C12H16BrNO4. The number of nitrogens with one attached hydrogen (secondary N) is 1. The van der Waals surface area contributed by atoms with Gasteiger partial charge in [0.15, 0.2) is 4.67 Å². The predicted octanol–water partition coefficient (Wildman–Crippen LogP) is 1.57. The summed E-state index contributed by atoms with van der Waals surface area (Å²) in [6.07, 6.45) is 2.89. The van der Waals surface area contributed by atoms with Crippen LogP contribution in [0.2, 0.25) is 0 Å². The number of aliphatic hydroxyl groups is 1. The Morgan fingerprint density at radius 1 is 1.67 bits per heavy atom. The van der Waals surface area contributed by atoms with Crippen molar-refractivity contribution in [1.29, 1.82) is 0 Å². The van der Waals surface area contributed by atoms with Crippen molar-refractivity contribution in [1.82, 2.24) is 5.32 Å². The van der Waals surface area contributed by atoms with Crippen molar-refractivity contribution in [3.05, 3.63) is 28.6 Å². The van der Waals surface area contributed by atoms with Crippen molar-refractivity contribution in [2.45, 2.75) is 12.5 Å². The van der Waals surface area contributed by atoms with E-state index in [2.05, 4.69) is 21.2 Å². The summed E-state index contributed by atoms with van der Waals surface area (Å²) in [7, 11) is 1.49. The molecule has 0 saturated heterocycles. The first-order valence-electron chi connectivity index (χ1n) is 5.35. The van der Waals surface area contributed by atoms with Crippen LogP contribution in [0.4, 0.5) is 0 Å². The Bertz CT molecular complexity index is 425. The number of methoxy groups -OCH3 is 1. The van der Waals surface area contributed by atoms with Crippen LogP contribution in [0, 0.1) is 0 Å². The number of ether oxygens (including phenoxy) is 1. The number of carbonyl (C=O) groups is 1. The Labute approximate surface area is 114 Å². The standard InChI is InChI=1S/C12H16BrNO4/c1-12(16,8-17-2)7-14-11(15)6-4-9-3-5-10(13)18-9/h3-6,16H,7-8H2,1-2H3,(H,14,15)/b6-4+/t12-/m0/s1. The molecule has 1 atom stereocenters. The van der Waals surface area contributed by atoms with Crippen LogP contribution in [0.15, 0.2) is 27.3 Å². The summed E-state index contributed by atoms with van der Waals surface area (Å²) in [5.41, 5.74) is -1.08. The van der Waals surface area contributed by atoms with Gasteiger partial charge in [-0.1, -0.05) is 0 Å². The summed E-state index contributed by atoms with van der Waals surface area (Å²) >= 11 is 3.17. The average Bonchev–Trinajstić information content (AvgIpc) is 2.70. The van der Waals surface area contributed by atoms with Gasteiger partial charge in [0.25, 0.3) is 0 Å². The number of halogens is 1. The van der Waals surface area contributed by atoms with Gasteiger partial charge in [0, 0.05) is 19.7 Å². The van der Waals surface area contributed by atoms with Crippen LogP contribution in [-0.4, -0.2) is 36.9 Å². The Kier molecular flexibility index (Phi) is 5.58. The molecule has 0 aromatic carbocycles. The fraction of sp³-hybridized carbons (Fsp3) is 0.417. The van der Waals surface area contributed by atoms with Crippen molar-refractivity contribution in [2.24, 2.45) is 0 Å². The van der Waals surface area contributed by atoms with Gasteiger partial charge in [-0.25, -0.2) is 0 Å². The van der Waals surface area contributed by atoms with Crippen molar-refractivity contribution in [2.75, 3.05) is 20.3 Å². The van der Waals surface area contributed by atoms with Gasteiger partial charge in [0.1, 0.15) is 11.4 Å². The Morgan fingerprint density at radius 3 is 2.94 bits per heavy atom. The Morgan fingerprint density at radius 2 is 2.39 bits per heavy atom. The molecule has 1 aromatic rings. The van der Waals surface area contributed by atoms with Crippen LogP contribution >= 0.6 is 15.9 Å². The molecule has 0 fully saturated rings. The van der Waals surface area contributed by atoms with Gasteiger partial charge in [-0.2, -0.15) is 0 Å². The number of furan rings is 1. The number of amides is 1. The van der Waals surface area contributed by atoms with E-state index in [1.807, 2.05) is 0 Å². The molecule has 1 amide bonds. The summed E-state index contributed by atoms with van der Waals surface area (Å²) in [6, 6.07) is 3.47. The highest BCUT2D eigenvalue weighted by Gasteiger charge is 2.20. The first kappa shape index (κ1) is 14.9. The Hall–Kier alpha value is -1.11. The fourth-order valence-corrected chi connectivity index (χ4v) is 1.59. The van der Waals surface area contributed by atoms with Gasteiger partial charge in [0.2, 0.25) is 5.91 Å². The molecule has 1 heterocycles. The zero-order chi connectivity index (χ0) is 13.6. The normalized spacial score (nSPS) is 14.7. The highest BCUT2D eigenvalue weighted by Crippen LogP contribution is 2.14. The molecule has 0 unspecified atom stereocenters. The molecule has 0 saturated carbocycles. The highest BCUT2D eigenvalue weighted by atomic mass is 79.9. The fourth-order valence-electron chi connectivity index (χ4n) is 1.27.